The van der Waals surface area contributed by atoms with Gasteiger partial charge in [0.1, 0.15) is 11.5 Å². The lowest BCUT2D eigenvalue weighted by Crippen LogP contribution is -2.51. The van der Waals surface area contributed by atoms with Crippen molar-refractivity contribution in [2.75, 3.05) is 13.7 Å². The zero-order valence-electron chi connectivity index (χ0n) is 15.1. The molecule has 0 radical (unpaired) electrons. The summed E-state index contributed by atoms with van der Waals surface area (Å²) in [6, 6.07) is 4.32. The third-order valence-electron chi connectivity index (χ3n) is 3.59. The van der Waals surface area contributed by atoms with Crippen LogP contribution in [0.4, 0.5) is 0 Å². The zero-order chi connectivity index (χ0) is 18.5. The van der Waals surface area contributed by atoms with E-state index in [4.69, 9.17) is 9.47 Å². The lowest BCUT2D eigenvalue weighted by Gasteiger charge is -2.25. The van der Waals surface area contributed by atoms with Gasteiger partial charge in [-0.25, -0.2) is 0 Å². The van der Waals surface area contributed by atoms with Crippen molar-refractivity contribution in [2.45, 2.75) is 46.1 Å². The van der Waals surface area contributed by atoms with E-state index in [2.05, 4.69) is 5.32 Å². The highest BCUT2D eigenvalue weighted by atomic mass is 16.5. The molecule has 24 heavy (non-hydrogen) atoms. The molecule has 134 valence electrons. The molecule has 0 unspecified atom stereocenters. The maximum Gasteiger partial charge on any atom is 0.258 e. The SMILES string of the molecule is COc1ccc(OCC(=O)N[C@@H](C(=O)[O-])C(C)C)c(C(C)(C)C)c1. The predicted molar refractivity (Wildman–Crippen MR) is 89.0 cm³/mol. The van der Waals surface area contributed by atoms with Crippen LogP contribution >= 0.6 is 0 Å². The van der Waals surface area contributed by atoms with Crippen molar-refractivity contribution >= 4 is 11.9 Å². The van der Waals surface area contributed by atoms with Crippen molar-refractivity contribution in [2.24, 2.45) is 5.92 Å². The Bertz CT molecular complexity index is 590. The summed E-state index contributed by atoms with van der Waals surface area (Å²) >= 11 is 0. The predicted octanol–water partition coefficient (Wildman–Crippen LogP) is 1.26. The Morgan fingerprint density at radius 2 is 1.88 bits per heavy atom. The van der Waals surface area contributed by atoms with Crippen LogP contribution in [-0.4, -0.2) is 31.6 Å². The number of aliphatic carboxylic acids is 1. The Labute approximate surface area is 143 Å². The highest BCUT2D eigenvalue weighted by Gasteiger charge is 2.22. The number of rotatable bonds is 7. The van der Waals surface area contributed by atoms with E-state index in [0.29, 0.717) is 11.5 Å². The first kappa shape index (κ1) is 19.8. The first-order chi connectivity index (χ1) is 11.1. The van der Waals surface area contributed by atoms with Gasteiger partial charge in [0.15, 0.2) is 6.61 Å². The second-order valence-corrected chi connectivity index (χ2v) is 7.01. The summed E-state index contributed by atoms with van der Waals surface area (Å²) in [7, 11) is 1.59. The zero-order valence-corrected chi connectivity index (χ0v) is 15.1. The number of carbonyl (C=O) groups is 2. The molecule has 0 aliphatic carbocycles. The molecule has 0 aliphatic heterocycles. The fraction of sp³-hybridized carbons (Fsp3) is 0.556. The van der Waals surface area contributed by atoms with Crippen LogP contribution in [0.2, 0.25) is 0 Å². The molecule has 1 amide bonds. The van der Waals surface area contributed by atoms with E-state index in [1.807, 2.05) is 26.8 Å². The van der Waals surface area contributed by atoms with Crippen LogP contribution < -0.4 is 19.9 Å². The second-order valence-electron chi connectivity index (χ2n) is 7.01. The number of carboxylic acid groups (broad SMARTS) is 1. The molecule has 0 saturated heterocycles. The van der Waals surface area contributed by atoms with E-state index in [9.17, 15) is 14.7 Å². The topological polar surface area (TPSA) is 87.7 Å². The molecule has 1 aromatic rings. The van der Waals surface area contributed by atoms with Gasteiger partial charge in [-0.3, -0.25) is 4.79 Å². The minimum Gasteiger partial charge on any atom is -0.548 e. The van der Waals surface area contributed by atoms with Gasteiger partial charge >= 0.3 is 0 Å². The Morgan fingerprint density at radius 3 is 2.33 bits per heavy atom. The minimum absolute atomic E-state index is 0.203. The second kappa shape index (κ2) is 8.04. The fourth-order valence-corrected chi connectivity index (χ4v) is 2.20. The Hall–Kier alpha value is -2.24. The molecule has 0 spiro atoms. The first-order valence-corrected chi connectivity index (χ1v) is 7.87. The molecule has 0 aromatic heterocycles. The van der Waals surface area contributed by atoms with Crippen molar-refractivity contribution in [1.82, 2.24) is 5.32 Å². The summed E-state index contributed by atoms with van der Waals surface area (Å²) in [4.78, 5) is 23.0. The number of methoxy groups -OCH3 is 1. The molecule has 0 bridgehead atoms. The largest absolute Gasteiger partial charge is 0.548 e. The number of hydrogen-bond acceptors (Lipinski definition) is 5. The highest BCUT2D eigenvalue weighted by Crippen LogP contribution is 2.34. The van der Waals surface area contributed by atoms with Gasteiger partial charge in [-0.15, -0.1) is 0 Å². The van der Waals surface area contributed by atoms with E-state index in [0.717, 1.165) is 5.56 Å². The van der Waals surface area contributed by atoms with E-state index in [-0.39, 0.29) is 17.9 Å². The van der Waals surface area contributed by atoms with Gasteiger partial charge in [-0.1, -0.05) is 34.6 Å². The third-order valence-corrected chi connectivity index (χ3v) is 3.59. The van der Waals surface area contributed by atoms with Crippen molar-refractivity contribution in [3.63, 3.8) is 0 Å². The number of ether oxygens (including phenoxy) is 2. The highest BCUT2D eigenvalue weighted by molar-refractivity contribution is 5.83. The Balaban J connectivity index is 2.83. The van der Waals surface area contributed by atoms with Gasteiger partial charge in [-0.2, -0.15) is 0 Å². The number of carbonyl (C=O) groups excluding carboxylic acids is 2. The van der Waals surface area contributed by atoms with Crippen LogP contribution in [0.3, 0.4) is 0 Å². The molecule has 0 aliphatic rings. The number of nitrogens with one attached hydrogen (secondary N) is 1. The standard InChI is InChI=1S/C18H27NO5/c1-11(2)16(17(21)22)19-15(20)10-24-14-8-7-12(23-6)9-13(14)18(3,4)5/h7-9,11,16H,10H2,1-6H3,(H,19,20)(H,21,22)/p-1/t16-/m1/s1. The third kappa shape index (κ3) is 5.44. The van der Waals surface area contributed by atoms with Crippen LogP contribution in [0.5, 0.6) is 11.5 Å². The van der Waals surface area contributed by atoms with Gasteiger partial charge in [0.05, 0.1) is 19.1 Å². The molecule has 1 rings (SSSR count). The number of amides is 1. The van der Waals surface area contributed by atoms with Crippen LogP contribution in [0.1, 0.15) is 40.2 Å². The van der Waals surface area contributed by atoms with Crippen molar-refractivity contribution in [1.29, 1.82) is 0 Å². The number of hydrogen-bond donors (Lipinski definition) is 1. The summed E-state index contributed by atoms with van der Waals surface area (Å²) in [5.74, 6) is -0.821. The minimum atomic E-state index is -1.31. The van der Waals surface area contributed by atoms with Gasteiger partial charge < -0.3 is 24.7 Å². The molecule has 1 atom stereocenters. The monoisotopic (exact) mass is 336 g/mol. The summed E-state index contributed by atoms with van der Waals surface area (Å²) in [5.41, 5.74) is 0.696. The normalized spacial score (nSPS) is 12.6. The summed E-state index contributed by atoms with van der Waals surface area (Å²) < 4.78 is 10.8. The average Bonchev–Trinajstić information content (AvgIpc) is 2.48. The van der Waals surface area contributed by atoms with Crippen LogP contribution in [-0.2, 0) is 15.0 Å². The number of carboxylic acids is 1. The maximum absolute atomic E-state index is 12.0. The van der Waals surface area contributed by atoms with Crippen LogP contribution in [0, 0.1) is 5.92 Å². The molecule has 1 aromatic carbocycles. The smallest absolute Gasteiger partial charge is 0.258 e. The van der Waals surface area contributed by atoms with Crippen molar-refractivity contribution < 1.29 is 24.2 Å². The molecule has 1 N–H and O–H groups in total. The lowest BCUT2D eigenvalue weighted by molar-refractivity contribution is -0.309. The molecular weight excluding hydrogens is 310 g/mol. The first-order valence-electron chi connectivity index (χ1n) is 7.87. The molecule has 6 nitrogen and oxygen atoms in total. The lowest BCUT2D eigenvalue weighted by atomic mass is 9.86. The molecule has 0 heterocycles. The van der Waals surface area contributed by atoms with E-state index in [1.165, 1.54) is 0 Å². The summed E-state index contributed by atoms with van der Waals surface area (Å²) in [6.45, 7) is 9.20. The maximum atomic E-state index is 12.0. The van der Waals surface area contributed by atoms with Crippen LogP contribution in [0.25, 0.3) is 0 Å². The molecule has 0 fully saturated rings. The van der Waals surface area contributed by atoms with E-state index >= 15 is 0 Å². The average molecular weight is 336 g/mol. The molecule has 0 saturated carbocycles. The Morgan fingerprint density at radius 1 is 1.25 bits per heavy atom. The van der Waals surface area contributed by atoms with Crippen molar-refractivity contribution in [3.05, 3.63) is 23.8 Å². The van der Waals surface area contributed by atoms with Gasteiger partial charge in [0, 0.05) is 5.56 Å². The van der Waals surface area contributed by atoms with Gasteiger partial charge in [0.2, 0.25) is 0 Å². The summed E-state index contributed by atoms with van der Waals surface area (Å²) in [6.07, 6.45) is 0. The van der Waals surface area contributed by atoms with Crippen molar-refractivity contribution in [3.8, 4) is 11.5 Å². The molecule has 6 heteroatoms. The summed E-state index contributed by atoms with van der Waals surface area (Å²) in [5, 5.41) is 13.4. The number of benzene rings is 1. The van der Waals surface area contributed by atoms with Crippen LogP contribution in [0.15, 0.2) is 18.2 Å². The molecular formula is C18H26NO5-. The van der Waals surface area contributed by atoms with E-state index < -0.39 is 17.9 Å². The van der Waals surface area contributed by atoms with Gasteiger partial charge in [0.25, 0.3) is 5.91 Å². The Kier molecular flexibility index (Phi) is 6.63. The van der Waals surface area contributed by atoms with E-state index in [1.54, 1.807) is 33.1 Å². The fourth-order valence-electron chi connectivity index (χ4n) is 2.20. The quantitative estimate of drug-likeness (QED) is 0.810. The van der Waals surface area contributed by atoms with Gasteiger partial charge in [-0.05, 0) is 29.5 Å².